The molecule has 4 aliphatic carbocycles. The lowest BCUT2D eigenvalue weighted by molar-refractivity contribution is -0.143. The molecule has 4 heteroatoms. The molecule has 0 saturated heterocycles. The maximum absolute atomic E-state index is 12.6. The van der Waals surface area contributed by atoms with Crippen molar-refractivity contribution in [2.75, 3.05) is 13.6 Å². The molecular formula is C34H55N3O. The number of rotatable bonds is 8. The highest BCUT2D eigenvalue weighted by Crippen LogP contribution is 2.68. The largest absolute Gasteiger partial charge is 0.353 e. The highest BCUT2D eigenvalue weighted by molar-refractivity contribution is 5.73. The standard InChI is InChI=1S/C34H55N3O/c1-23(12-11-19-37(5)22-25-13-7-6-8-14-25)27-16-17-28-32-29(21-31(34(27,28)4)36-24(2)38)33(3)18-10-9-15-26(33)20-30(32)35/h6-8,13-14,23,26-32H,9-12,15-22,35H2,1-5H3,(H,36,38)/t23-,26?,27?,28+,29+,30-,31?,32?,33?,34?/m1/s1. The molecular weight excluding hydrogens is 466 g/mol. The van der Waals surface area contributed by atoms with Crippen LogP contribution in [-0.2, 0) is 11.3 Å². The van der Waals surface area contributed by atoms with E-state index in [1.165, 1.54) is 63.4 Å². The van der Waals surface area contributed by atoms with E-state index in [4.69, 9.17) is 5.73 Å². The first-order valence-electron chi connectivity index (χ1n) is 15.9. The predicted molar refractivity (Wildman–Crippen MR) is 157 cm³/mol. The molecule has 3 N–H and O–H groups in total. The topological polar surface area (TPSA) is 58.4 Å². The Morgan fingerprint density at radius 3 is 2.61 bits per heavy atom. The van der Waals surface area contributed by atoms with E-state index in [2.05, 4.69) is 68.4 Å². The van der Waals surface area contributed by atoms with Crippen molar-refractivity contribution in [1.82, 2.24) is 10.2 Å². The second-order valence-electron chi connectivity index (χ2n) is 14.5. The van der Waals surface area contributed by atoms with E-state index < -0.39 is 0 Å². The molecule has 5 rings (SSSR count). The van der Waals surface area contributed by atoms with Crippen LogP contribution in [0, 0.1) is 46.3 Å². The van der Waals surface area contributed by atoms with Crippen LogP contribution in [0.5, 0.6) is 0 Å². The molecule has 0 heterocycles. The number of benzene rings is 1. The van der Waals surface area contributed by atoms with Crippen LogP contribution in [0.25, 0.3) is 0 Å². The van der Waals surface area contributed by atoms with Gasteiger partial charge in [0.1, 0.15) is 0 Å². The summed E-state index contributed by atoms with van der Waals surface area (Å²) < 4.78 is 0. The Hall–Kier alpha value is -1.39. The SMILES string of the molecule is CC(=O)NC1C[C@H]2C([C@H](N)CC3CCCCC32C)[C@@H]2CCC([C@H](C)CCCN(C)Cc3ccccc3)C12C. The summed E-state index contributed by atoms with van der Waals surface area (Å²) in [5.41, 5.74) is 9.07. The van der Waals surface area contributed by atoms with Crippen molar-refractivity contribution in [2.24, 2.45) is 52.1 Å². The van der Waals surface area contributed by atoms with E-state index in [1.807, 2.05) is 0 Å². The quantitative estimate of drug-likeness (QED) is 0.403. The van der Waals surface area contributed by atoms with Gasteiger partial charge in [-0.15, -0.1) is 0 Å². The number of carbonyl (C=O) groups excluding carboxylic acids is 1. The van der Waals surface area contributed by atoms with Gasteiger partial charge in [-0.2, -0.15) is 0 Å². The smallest absolute Gasteiger partial charge is 0.217 e. The molecule has 4 nitrogen and oxygen atoms in total. The van der Waals surface area contributed by atoms with Crippen molar-refractivity contribution in [3.05, 3.63) is 35.9 Å². The average molecular weight is 522 g/mol. The first-order valence-corrected chi connectivity index (χ1v) is 15.9. The number of fused-ring (bicyclic) bond motifs is 5. The van der Waals surface area contributed by atoms with E-state index in [1.54, 1.807) is 6.92 Å². The zero-order valence-electron chi connectivity index (χ0n) is 24.9. The van der Waals surface area contributed by atoms with Gasteiger partial charge in [-0.05, 0) is 117 Å². The Bertz CT molecular complexity index is 950. The molecule has 10 atom stereocenters. The third-order valence-electron chi connectivity index (χ3n) is 12.5. The normalized spacial score (nSPS) is 41.2. The van der Waals surface area contributed by atoms with Crippen molar-refractivity contribution in [2.45, 2.75) is 111 Å². The van der Waals surface area contributed by atoms with E-state index in [-0.39, 0.29) is 17.4 Å². The molecule has 0 spiro atoms. The number of hydrogen-bond acceptors (Lipinski definition) is 3. The lowest BCUT2D eigenvalue weighted by Crippen LogP contribution is -2.66. The van der Waals surface area contributed by atoms with E-state index >= 15 is 0 Å². The fourth-order valence-corrected chi connectivity index (χ4v) is 10.6. The number of amides is 1. The summed E-state index contributed by atoms with van der Waals surface area (Å²) in [5, 5.41) is 3.55. The third-order valence-corrected chi connectivity index (χ3v) is 12.5. The molecule has 0 aliphatic heterocycles. The van der Waals surface area contributed by atoms with Gasteiger partial charge in [-0.3, -0.25) is 4.79 Å². The zero-order valence-corrected chi connectivity index (χ0v) is 24.9. The third kappa shape index (κ3) is 5.09. The Morgan fingerprint density at radius 2 is 1.87 bits per heavy atom. The number of carbonyl (C=O) groups is 1. The number of nitrogens with one attached hydrogen (secondary N) is 1. The molecule has 1 aromatic rings. The molecule has 0 radical (unpaired) electrons. The van der Waals surface area contributed by atoms with Crippen LogP contribution in [0.15, 0.2) is 30.3 Å². The maximum Gasteiger partial charge on any atom is 0.217 e. The summed E-state index contributed by atoms with van der Waals surface area (Å²) in [7, 11) is 2.25. The summed E-state index contributed by atoms with van der Waals surface area (Å²) in [6.45, 7) is 11.6. The van der Waals surface area contributed by atoms with Crippen LogP contribution in [0.2, 0.25) is 0 Å². The maximum atomic E-state index is 12.6. The molecule has 1 amide bonds. The molecule has 38 heavy (non-hydrogen) atoms. The summed E-state index contributed by atoms with van der Waals surface area (Å²) in [5.74, 6) is 4.18. The van der Waals surface area contributed by atoms with Gasteiger partial charge >= 0.3 is 0 Å². The zero-order chi connectivity index (χ0) is 27.1. The lowest BCUT2D eigenvalue weighted by Gasteiger charge is -2.64. The Balaban J connectivity index is 1.30. The number of nitrogens with zero attached hydrogens (tertiary/aromatic N) is 1. The summed E-state index contributed by atoms with van der Waals surface area (Å²) in [6.07, 6.45) is 12.9. The van der Waals surface area contributed by atoms with Crippen molar-refractivity contribution in [3.8, 4) is 0 Å². The van der Waals surface area contributed by atoms with E-state index in [0.29, 0.717) is 41.0 Å². The Kier molecular flexibility index (Phi) is 8.32. The van der Waals surface area contributed by atoms with Crippen LogP contribution in [0.1, 0.15) is 97.5 Å². The average Bonchev–Trinajstić information content (AvgIpc) is 3.23. The summed E-state index contributed by atoms with van der Waals surface area (Å²) in [6, 6.07) is 11.4. The van der Waals surface area contributed by atoms with Crippen molar-refractivity contribution >= 4 is 5.91 Å². The highest BCUT2D eigenvalue weighted by Gasteiger charge is 2.65. The van der Waals surface area contributed by atoms with Gasteiger partial charge in [0.25, 0.3) is 0 Å². The molecule has 4 saturated carbocycles. The molecule has 4 fully saturated rings. The molecule has 0 bridgehead atoms. The van der Waals surface area contributed by atoms with Crippen molar-refractivity contribution < 1.29 is 4.79 Å². The summed E-state index contributed by atoms with van der Waals surface area (Å²) >= 11 is 0. The fraction of sp³-hybridized carbons (Fsp3) is 0.794. The Labute approximate surface area is 232 Å². The van der Waals surface area contributed by atoms with E-state index in [9.17, 15) is 4.79 Å². The van der Waals surface area contributed by atoms with Crippen LogP contribution in [0.3, 0.4) is 0 Å². The van der Waals surface area contributed by atoms with Gasteiger partial charge in [0.2, 0.25) is 5.91 Å². The van der Waals surface area contributed by atoms with Crippen LogP contribution < -0.4 is 11.1 Å². The van der Waals surface area contributed by atoms with E-state index in [0.717, 1.165) is 25.4 Å². The van der Waals surface area contributed by atoms with Crippen molar-refractivity contribution in [1.29, 1.82) is 0 Å². The van der Waals surface area contributed by atoms with Gasteiger partial charge in [0.05, 0.1) is 0 Å². The first-order chi connectivity index (χ1) is 18.1. The first kappa shape index (κ1) is 28.1. The molecule has 212 valence electrons. The number of hydrogen-bond donors (Lipinski definition) is 2. The minimum absolute atomic E-state index is 0.150. The predicted octanol–water partition coefficient (Wildman–Crippen LogP) is 6.64. The van der Waals surface area contributed by atoms with Crippen molar-refractivity contribution in [3.63, 3.8) is 0 Å². The van der Waals surface area contributed by atoms with Gasteiger partial charge in [0.15, 0.2) is 0 Å². The molecule has 6 unspecified atom stereocenters. The fourth-order valence-electron chi connectivity index (χ4n) is 10.6. The van der Waals surface area contributed by atoms with Gasteiger partial charge in [-0.25, -0.2) is 0 Å². The second kappa shape index (κ2) is 11.2. The minimum atomic E-state index is 0.150. The van der Waals surface area contributed by atoms with Crippen LogP contribution >= 0.6 is 0 Å². The Morgan fingerprint density at radius 1 is 1.11 bits per heavy atom. The second-order valence-corrected chi connectivity index (χ2v) is 14.5. The lowest BCUT2D eigenvalue weighted by atomic mass is 9.42. The van der Waals surface area contributed by atoms with Gasteiger partial charge < -0.3 is 16.0 Å². The van der Waals surface area contributed by atoms with Gasteiger partial charge in [-0.1, -0.05) is 63.9 Å². The van der Waals surface area contributed by atoms with Crippen LogP contribution in [0.4, 0.5) is 0 Å². The minimum Gasteiger partial charge on any atom is -0.353 e. The molecule has 0 aromatic heterocycles. The molecule has 1 aromatic carbocycles. The molecule has 4 aliphatic rings. The highest BCUT2D eigenvalue weighted by atomic mass is 16.1. The number of nitrogens with two attached hydrogens (primary N) is 1. The monoisotopic (exact) mass is 521 g/mol. The van der Waals surface area contributed by atoms with Crippen LogP contribution in [-0.4, -0.2) is 36.5 Å². The van der Waals surface area contributed by atoms with Gasteiger partial charge in [0, 0.05) is 25.6 Å². The summed E-state index contributed by atoms with van der Waals surface area (Å²) in [4.78, 5) is 15.0.